The molecule has 2 aliphatic heterocycles. The SMILES string of the molecule is Cc1ccccc1CN1CCOCC2(CC(=O)N(Cc3ccccc3)C2)C1. The number of nitrogens with zero attached hydrogens (tertiary/aromatic N) is 2. The van der Waals surface area contributed by atoms with E-state index in [9.17, 15) is 4.79 Å². The summed E-state index contributed by atoms with van der Waals surface area (Å²) in [5.41, 5.74) is 3.78. The second-order valence-electron chi connectivity index (χ2n) is 8.10. The fourth-order valence-corrected chi connectivity index (χ4v) is 4.38. The molecule has 4 nitrogen and oxygen atoms in total. The van der Waals surface area contributed by atoms with Gasteiger partial charge in [-0.25, -0.2) is 0 Å². The zero-order chi connectivity index (χ0) is 18.7. The van der Waals surface area contributed by atoms with Gasteiger partial charge in [-0.15, -0.1) is 0 Å². The van der Waals surface area contributed by atoms with Crippen LogP contribution in [0.5, 0.6) is 0 Å². The maximum Gasteiger partial charge on any atom is 0.223 e. The molecule has 0 radical (unpaired) electrons. The van der Waals surface area contributed by atoms with Gasteiger partial charge in [0, 0.05) is 44.6 Å². The smallest absolute Gasteiger partial charge is 0.223 e. The lowest BCUT2D eigenvalue weighted by Crippen LogP contribution is -2.40. The van der Waals surface area contributed by atoms with Crippen molar-refractivity contribution in [2.24, 2.45) is 5.41 Å². The van der Waals surface area contributed by atoms with Gasteiger partial charge in [0.05, 0.1) is 13.2 Å². The second kappa shape index (κ2) is 7.83. The molecule has 2 aromatic carbocycles. The molecule has 1 spiro atoms. The summed E-state index contributed by atoms with van der Waals surface area (Å²) in [6, 6.07) is 18.8. The number of rotatable bonds is 4. The van der Waals surface area contributed by atoms with E-state index in [0.29, 0.717) is 19.6 Å². The Morgan fingerprint density at radius 1 is 1.00 bits per heavy atom. The molecule has 0 bridgehead atoms. The number of hydrogen-bond acceptors (Lipinski definition) is 3. The first-order valence-corrected chi connectivity index (χ1v) is 9.80. The predicted molar refractivity (Wildman–Crippen MR) is 106 cm³/mol. The van der Waals surface area contributed by atoms with Crippen LogP contribution in [-0.2, 0) is 22.6 Å². The van der Waals surface area contributed by atoms with Gasteiger partial charge in [-0.05, 0) is 23.6 Å². The van der Waals surface area contributed by atoms with Crippen molar-refractivity contribution < 1.29 is 9.53 Å². The van der Waals surface area contributed by atoms with Crippen LogP contribution in [0.3, 0.4) is 0 Å². The monoisotopic (exact) mass is 364 g/mol. The number of hydrogen-bond donors (Lipinski definition) is 0. The van der Waals surface area contributed by atoms with Crippen molar-refractivity contribution >= 4 is 5.91 Å². The van der Waals surface area contributed by atoms with Gasteiger partial charge in [-0.2, -0.15) is 0 Å². The maximum absolute atomic E-state index is 12.7. The highest BCUT2D eigenvalue weighted by atomic mass is 16.5. The molecule has 2 saturated heterocycles. The highest BCUT2D eigenvalue weighted by molar-refractivity contribution is 5.79. The summed E-state index contributed by atoms with van der Waals surface area (Å²) < 4.78 is 5.96. The van der Waals surface area contributed by atoms with Crippen molar-refractivity contribution in [1.29, 1.82) is 0 Å². The van der Waals surface area contributed by atoms with E-state index in [1.165, 1.54) is 16.7 Å². The average molecular weight is 364 g/mol. The summed E-state index contributed by atoms with van der Waals surface area (Å²) in [7, 11) is 0. The third kappa shape index (κ3) is 4.23. The Bertz CT molecular complexity index is 792. The Hall–Kier alpha value is -2.17. The number of aryl methyl sites for hydroxylation is 1. The number of likely N-dealkylation sites (tertiary alicyclic amines) is 1. The van der Waals surface area contributed by atoms with E-state index in [2.05, 4.69) is 48.2 Å². The molecular weight excluding hydrogens is 336 g/mol. The number of carbonyl (C=O) groups is 1. The van der Waals surface area contributed by atoms with Crippen molar-refractivity contribution in [3.8, 4) is 0 Å². The quantitative estimate of drug-likeness (QED) is 0.835. The standard InChI is InChI=1S/C23H28N2O2/c1-19-7-5-6-10-21(19)15-24-11-12-27-18-23(16-24)13-22(26)25(17-23)14-20-8-3-2-4-9-20/h2-10H,11-18H2,1H3. The molecule has 1 amide bonds. The zero-order valence-corrected chi connectivity index (χ0v) is 16.1. The third-order valence-electron chi connectivity index (χ3n) is 5.80. The third-order valence-corrected chi connectivity index (χ3v) is 5.80. The van der Waals surface area contributed by atoms with Crippen molar-refractivity contribution in [1.82, 2.24) is 9.80 Å². The minimum Gasteiger partial charge on any atom is -0.379 e. The van der Waals surface area contributed by atoms with Crippen LogP contribution in [0.15, 0.2) is 54.6 Å². The topological polar surface area (TPSA) is 32.8 Å². The van der Waals surface area contributed by atoms with Gasteiger partial charge in [0.15, 0.2) is 0 Å². The normalized spacial score (nSPS) is 23.7. The van der Waals surface area contributed by atoms with Crippen LogP contribution in [-0.4, -0.2) is 48.6 Å². The van der Waals surface area contributed by atoms with E-state index < -0.39 is 0 Å². The van der Waals surface area contributed by atoms with E-state index in [1.807, 2.05) is 23.1 Å². The molecule has 1 atom stereocenters. The summed E-state index contributed by atoms with van der Waals surface area (Å²) in [5.74, 6) is 0.250. The van der Waals surface area contributed by atoms with Gasteiger partial charge < -0.3 is 9.64 Å². The highest BCUT2D eigenvalue weighted by Crippen LogP contribution is 2.35. The summed E-state index contributed by atoms with van der Waals surface area (Å²) in [4.78, 5) is 17.2. The molecule has 0 N–H and O–H groups in total. The van der Waals surface area contributed by atoms with Crippen LogP contribution < -0.4 is 0 Å². The Morgan fingerprint density at radius 2 is 1.78 bits per heavy atom. The van der Waals surface area contributed by atoms with E-state index in [1.54, 1.807) is 0 Å². The molecule has 2 aliphatic rings. The molecule has 4 rings (SSSR count). The van der Waals surface area contributed by atoms with E-state index >= 15 is 0 Å². The number of amides is 1. The maximum atomic E-state index is 12.7. The van der Waals surface area contributed by atoms with Crippen LogP contribution >= 0.6 is 0 Å². The molecule has 0 aliphatic carbocycles. The number of benzene rings is 2. The lowest BCUT2D eigenvalue weighted by atomic mass is 9.87. The molecule has 2 fully saturated rings. The first kappa shape index (κ1) is 18.2. The molecule has 4 heteroatoms. The van der Waals surface area contributed by atoms with Crippen LogP contribution in [0.1, 0.15) is 23.1 Å². The van der Waals surface area contributed by atoms with Gasteiger partial charge in [-0.3, -0.25) is 9.69 Å². The van der Waals surface area contributed by atoms with Gasteiger partial charge >= 0.3 is 0 Å². The Balaban J connectivity index is 1.47. The van der Waals surface area contributed by atoms with Crippen LogP contribution in [0.4, 0.5) is 0 Å². The van der Waals surface area contributed by atoms with Crippen molar-refractivity contribution in [3.63, 3.8) is 0 Å². The first-order valence-electron chi connectivity index (χ1n) is 9.80. The lowest BCUT2D eigenvalue weighted by molar-refractivity contribution is -0.128. The summed E-state index contributed by atoms with van der Waals surface area (Å²) in [6.45, 7) is 7.81. The van der Waals surface area contributed by atoms with Crippen LogP contribution in [0, 0.1) is 12.3 Å². The first-order chi connectivity index (χ1) is 13.1. The van der Waals surface area contributed by atoms with E-state index in [0.717, 1.165) is 32.8 Å². The molecular formula is C23H28N2O2. The molecule has 2 heterocycles. The Labute approximate surface area is 161 Å². The molecule has 142 valence electrons. The van der Waals surface area contributed by atoms with Gasteiger partial charge in [0.1, 0.15) is 0 Å². The molecule has 0 saturated carbocycles. The van der Waals surface area contributed by atoms with Gasteiger partial charge in [0.2, 0.25) is 5.91 Å². The van der Waals surface area contributed by atoms with Crippen molar-refractivity contribution in [2.45, 2.75) is 26.4 Å². The van der Waals surface area contributed by atoms with Crippen LogP contribution in [0.2, 0.25) is 0 Å². The second-order valence-corrected chi connectivity index (χ2v) is 8.10. The van der Waals surface area contributed by atoms with Gasteiger partial charge in [0.25, 0.3) is 0 Å². The van der Waals surface area contributed by atoms with E-state index in [4.69, 9.17) is 4.74 Å². The number of ether oxygens (including phenoxy) is 1. The fraction of sp³-hybridized carbons (Fsp3) is 0.435. The molecule has 27 heavy (non-hydrogen) atoms. The van der Waals surface area contributed by atoms with Crippen molar-refractivity contribution in [2.75, 3.05) is 32.8 Å². The molecule has 0 aromatic heterocycles. The number of carbonyl (C=O) groups excluding carboxylic acids is 1. The summed E-state index contributed by atoms with van der Waals surface area (Å²) >= 11 is 0. The Kier molecular flexibility index (Phi) is 5.28. The highest BCUT2D eigenvalue weighted by Gasteiger charge is 2.45. The molecule has 1 unspecified atom stereocenters. The fourth-order valence-electron chi connectivity index (χ4n) is 4.38. The van der Waals surface area contributed by atoms with E-state index in [-0.39, 0.29) is 11.3 Å². The summed E-state index contributed by atoms with van der Waals surface area (Å²) in [6.07, 6.45) is 0.587. The zero-order valence-electron chi connectivity index (χ0n) is 16.1. The largest absolute Gasteiger partial charge is 0.379 e. The molecule has 2 aromatic rings. The Morgan fingerprint density at radius 3 is 2.59 bits per heavy atom. The van der Waals surface area contributed by atoms with Gasteiger partial charge in [-0.1, -0.05) is 54.6 Å². The minimum absolute atomic E-state index is 0.0922. The average Bonchev–Trinajstić information content (AvgIpc) is 2.83. The minimum atomic E-state index is -0.0922. The summed E-state index contributed by atoms with van der Waals surface area (Å²) in [5, 5.41) is 0. The van der Waals surface area contributed by atoms with Crippen molar-refractivity contribution in [3.05, 3.63) is 71.3 Å². The van der Waals surface area contributed by atoms with Crippen LogP contribution in [0.25, 0.3) is 0 Å². The predicted octanol–water partition coefficient (Wildman–Crippen LogP) is 3.25. The lowest BCUT2D eigenvalue weighted by Gasteiger charge is -2.31.